The topological polar surface area (TPSA) is 93.8 Å². The minimum Gasteiger partial charge on any atom is -0.397 e. The van der Waals surface area contributed by atoms with Gasteiger partial charge in [0.2, 0.25) is 0 Å². The van der Waals surface area contributed by atoms with E-state index in [4.69, 9.17) is 5.73 Å². The average Bonchev–Trinajstić information content (AvgIpc) is 2.19. The second-order valence-corrected chi connectivity index (χ2v) is 3.14. The lowest BCUT2D eigenvalue weighted by atomic mass is 10.3. The molecule has 0 aromatic carbocycles. The zero-order valence-electron chi connectivity index (χ0n) is 8.15. The van der Waals surface area contributed by atoms with Crippen LogP contribution >= 0.6 is 0 Å². The highest BCUT2D eigenvalue weighted by Crippen LogP contribution is 2.07. The van der Waals surface area contributed by atoms with Gasteiger partial charge >= 0.3 is 5.69 Å². The predicted molar refractivity (Wildman–Crippen MR) is 56.7 cm³/mol. The summed E-state index contributed by atoms with van der Waals surface area (Å²) in [5, 5.41) is 0.330. The van der Waals surface area contributed by atoms with Gasteiger partial charge in [0.15, 0.2) is 0 Å². The Labute approximate surface area is 84.4 Å². The number of nitrogens with two attached hydrogens (primary N) is 1. The standard InChI is InChI=1S/C9H10N4O2/c1-2-13-7-6(3-5(10)4-11-7)8(14)12-9(13)15/h3-4H,2,10H2,1H3,(H,12,14,15). The lowest BCUT2D eigenvalue weighted by molar-refractivity contribution is 0.718. The Bertz CT molecular complexity index is 626. The molecule has 0 radical (unpaired) electrons. The van der Waals surface area contributed by atoms with Gasteiger partial charge in [-0.25, -0.2) is 9.78 Å². The number of nitrogen functional groups attached to an aromatic ring is 1. The van der Waals surface area contributed by atoms with Crippen molar-refractivity contribution in [3.8, 4) is 0 Å². The lowest BCUT2D eigenvalue weighted by Gasteiger charge is -2.05. The fourth-order valence-corrected chi connectivity index (χ4v) is 1.48. The first-order valence-electron chi connectivity index (χ1n) is 4.52. The first-order chi connectivity index (χ1) is 7.13. The molecule has 0 fully saturated rings. The van der Waals surface area contributed by atoms with E-state index in [2.05, 4.69) is 9.97 Å². The van der Waals surface area contributed by atoms with Gasteiger partial charge in [-0.1, -0.05) is 0 Å². The molecule has 2 aromatic rings. The predicted octanol–water partition coefficient (Wildman–Crippen LogP) is -0.313. The highest BCUT2D eigenvalue weighted by Gasteiger charge is 2.06. The van der Waals surface area contributed by atoms with Gasteiger partial charge in [-0.15, -0.1) is 0 Å². The summed E-state index contributed by atoms with van der Waals surface area (Å²) in [5.74, 6) is 0. The maximum atomic E-state index is 11.5. The largest absolute Gasteiger partial charge is 0.397 e. The molecule has 78 valence electrons. The van der Waals surface area contributed by atoms with Crippen molar-refractivity contribution >= 4 is 16.7 Å². The number of anilines is 1. The summed E-state index contributed by atoms with van der Waals surface area (Å²) >= 11 is 0. The van der Waals surface area contributed by atoms with E-state index in [9.17, 15) is 9.59 Å². The van der Waals surface area contributed by atoms with Crippen molar-refractivity contribution in [2.24, 2.45) is 0 Å². The van der Waals surface area contributed by atoms with E-state index >= 15 is 0 Å². The van der Waals surface area contributed by atoms with Crippen LogP contribution in [0.5, 0.6) is 0 Å². The summed E-state index contributed by atoms with van der Waals surface area (Å²) in [7, 11) is 0. The molecule has 0 unspecified atom stereocenters. The second kappa shape index (κ2) is 3.23. The van der Waals surface area contributed by atoms with Gasteiger partial charge in [0, 0.05) is 6.54 Å². The molecule has 0 amide bonds. The molecule has 0 atom stereocenters. The fraction of sp³-hybridized carbons (Fsp3) is 0.222. The van der Waals surface area contributed by atoms with Crippen molar-refractivity contribution in [3.05, 3.63) is 33.1 Å². The van der Waals surface area contributed by atoms with Crippen LogP contribution in [0, 0.1) is 0 Å². The summed E-state index contributed by atoms with van der Waals surface area (Å²) in [6.07, 6.45) is 1.42. The van der Waals surface area contributed by atoms with Gasteiger partial charge in [0.05, 0.1) is 17.3 Å². The zero-order valence-corrected chi connectivity index (χ0v) is 8.15. The summed E-state index contributed by atoms with van der Waals surface area (Å²) in [4.78, 5) is 29.1. The smallest absolute Gasteiger partial charge is 0.329 e. The summed E-state index contributed by atoms with van der Waals surface area (Å²) in [6, 6.07) is 1.51. The third-order valence-corrected chi connectivity index (χ3v) is 2.17. The molecular formula is C9H10N4O2. The lowest BCUT2D eigenvalue weighted by Crippen LogP contribution is -2.30. The molecule has 3 N–H and O–H groups in total. The minimum atomic E-state index is -0.459. The number of aromatic nitrogens is 3. The van der Waals surface area contributed by atoms with Crippen LogP contribution in [0.3, 0.4) is 0 Å². The molecule has 0 aliphatic rings. The zero-order chi connectivity index (χ0) is 11.0. The van der Waals surface area contributed by atoms with Gasteiger partial charge in [0.25, 0.3) is 5.56 Å². The molecule has 0 saturated heterocycles. The van der Waals surface area contributed by atoms with Crippen molar-refractivity contribution in [1.29, 1.82) is 0 Å². The molecule has 0 bridgehead atoms. The van der Waals surface area contributed by atoms with Crippen molar-refractivity contribution in [1.82, 2.24) is 14.5 Å². The Morgan fingerprint density at radius 1 is 1.53 bits per heavy atom. The van der Waals surface area contributed by atoms with E-state index in [1.807, 2.05) is 0 Å². The highest BCUT2D eigenvalue weighted by molar-refractivity contribution is 5.76. The van der Waals surface area contributed by atoms with Crippen LogP contribution in [0.1, 0.15) is 6.92 Å². The summed E-state index contributed by atoms with van der Waals surface area (Å²) < 4.78 is 1.39. The van der Waals surface area contributed by atoms with Gasteiger partial charge < -0.3 is 5.73 Å². The van der Waals surface area contributed by atoms with Crippen molar-refractivity contribution in [2.45, 2.75) is 13.5 Å². The second-order valence-electron chi connectivity index (χ2n) is 3.14. The van der Waals surface area contributed by atoms with Crippen molar-refractivity contribution < 1.29 is 0 Å². The molecule has 2 rings (SSSR count). The Morgan fingerprint density at radius 3 is 2.93 bits per heavy atom. The van der Waals surface area contributed by atoms with E-state index in [1.165, 1.54) is 16.8 Å². The molecular weight excluding hydrogens is 196 g/mol. The van der Waals surface area contributed by atoms with Gasteiger partial charge in [-0.3, -0.25) is 14.3 Å². The first-order valence-corrected chi connectivity index (χ1v) is 4.52. The number of pyridine rings is 1. The molecule has 15 heavy (non-hydrogen) atoms. The van der Waals surface area contributed by atoms with Gasteiger partial charge in [0.1, 0.15) is 5.65 Å². The number of hydrogen-bond acceptors (Lipinski definition) is 4. The molecule has 2 heterocycles. The molecule has 0 aliphatic heterocycles. The van der Waals surface area contributed by atoms with E-state index in [0.717, 1.165) is 0 Å². The fourth-order valence-electron chi connectivity index (χ4n) is 1.48. The van der Waals surface area contributed by atoms with Crippen LogP contribution in [-0.2, 0) is 6.54 Å². The number of rotatable bonds is 1. The van der Waals surface area contributed by atoms with Crippen LogP contribution in [0.25, 0.3) is 11.0 Å². The number of aryl methyl sites for hydroxylation is 1. The Hall–Kier alpha value is -2.11. The van der Waals surface area contributed by atoms with Gasteiger partial charge in [-0.05, 0) is 13.0 Å². The van der Waals surface area contributed by atoms with Crippen molar-refractivity contribution in [2.75, 3.05) is 5.73 Å². The van der Waals surface area contributed by atoms with Crippen LogP contribution in [-0.4, -0.2) is 14.5 Å². The number of aromatic amines is 1. The average molecular weight is 206 g/mol. The molecule has 2 aromatic heterocycles. The van der Waals surface area contributed by atoms with E-state index in [0.29, 0.717) is 23.3 Å². The molecule has 0 saturated carbocycles. The van der Waals surface area contributed by atoms with E-state index < -0.39 is 11.2 Å². The number of nitrogens with one attached hydrogen (secondary N) is 1. The monoisotopic (exact) mass is 206 g/mol. The Morgan fingerprint density at radius 2 is 2.27 bits per heavy atom. The highest BCUT2D eigenvalue weighted by atomic mass is 16.2. The quantitative estimate of drug-likeness (QED) is 0.669. The molecule has 0 aliphatic carbocycles. The normalized spacial score (nSPS) is 10.7. The van der Waals surface area contributed by atoms with E-state index in [1.54, 1.807) is 6.92 Å². The Kier molecular flexibility index (Phi) is 2.03. The van der Waals surface area contributed by atoms with Crippen LogP contribution in [0.2, 0.25) is 0 Å². The van der Waals surface area contributed by atoms with Crippen LogP contribution < -0.4 is 17.0 Å². The van der Waals surface area contributed by atoms with Gasteiger partial charge in [-0.2, -0.15) is 0 Å². The van der Waals surface area contributed by atoms with E-state index in [-0.39, 0.29) is 0 Å². The maximum Gasteiger partial charge on any atom is 0.329 e. The number of fused-ring (bicyclic) bond motifs is 1. The molecule has 0 spiro atoms. The summed E-state index contributed by atoms with van der Waals surface area (Å²) in [6.45, 7) is 2.25. The molecule has 6 nitrogen and oxygen atoms in total. The minimum absolute atomic E-state index is 0.330. The molecule has 6 heteroatoms. The van der Waals surface area contributed by atoms with Crippen LogP contribution in [0.4, 0.5) is 5.69 Å². The third kappa shape index (κ3) is 1.39. The maximum absolute atomic E-state index is 11.5. The SMILES string of the molecule is CCn1c(=O)[nH]c(=O)c2cc(N)cnc21. The Balaban J connectivity index is 3.03. The van der Waals surface area contributed by atoms with Crippen LogP contribution in [0.15, 0.2) is 21.9 Å². The third-order valence-electron chi connectivity index (χ3n) is 2.17. The number of hydrogen-bond donors (Lipinski definition) is 2. The number of nitrogens with zero attached hydrogens (tertiary/aromatic N) is 2. The van der Waals surface area contributed by atoms with Crippen molar-refractivity contribution in [3.63, 3.8) is 0 Å². The first kappa shape index (κ1) is 9.45. The number of H-pyrrole nitrogens is 1. The summed E-state index contributed by atoms with van der Waals surface area (Å²) in [5.41, 5.74) is 5.37.